The van der Waals surface area contributed by atoms with E-state index in [4.69, 9.17) is 9.15 Å². The van der Waals surface area contributed by atoms with Crippen LogP contribution in [-0.4, -0.2) is 25.5 Å². The average molecular weight is 293 g/mol. The summed E-state index contributed by atoms with van der Waals surface area (Å²) < 4.78 is 34.8. The molecule has 1 aromatic rings. The molecule has 0 fully saturated rings. The molecule has 0 amide bonds. The van der Waals surface area contributed by atoms with Crippen LogP contribution in [0.25, 0.3) is 0 Å². The Balaban J connectivity index is 2.09. The lowest BCUT2D eigenvalue weighted by Crippen LogP contribution is -2.20. The minimum Gasteiger partial charge on any atom is -0.464 e. The van der Waals surface area contributed by atoms with Gasteiger partial charge in [0.15, 0.2) is 0 Å². The highest BCUT2D eigenvalue weighted by atomic mass is 32.2. The van der Waals surface area contributed by atoms with Crippen LogP contribution in [0, 0.1) is 5.92 Å². The molecule has 0 atom stereocenters. The Morgan fingerprint density at radius 3 is 2.74 bits per heavy atom. The highest BCUT2D eigenvalue weighted by Gasteiger charge is 2.07. The summed E-state index contributed by atoms with van der Waals surface area (Å²) in [4.78, 5) is 0. The summed E-state index contributed by atoms with van der Waals surface area (Å²) >= 11 is 0.568. The van der Waals surface area contributed by atoms with Crippen molar-refractivity contribution in [2.24, 2.45) is 5.92 Å². The predicted octanol–water partition coefficient (Wildman–Crippen LogP) is 3.50. The molecular formula is C13H21F2NO2S. The minimum absolute atomic E-state index is 0.204. The van der Waals surface area contributed by atoms with E-state index in [9.17, 15) is 8.78 Å². The molecule has 0 aliphatic carbocycles. The van der Waals surface area contributed by atoms with Crippen LogP contribution in [0.3, 0.4) is 0 Å². The summed E-state index contributed by atoms with van der Waals surface area (Å²) in [6.07, 6.45) is 0. The minimum atomic E-state index is -2.36. The molecule has 1 N–H and O–H groups in total. The molecule has 110 valence electrons. The van der Waals surface area contributed by atoms with Gasteiger partial charge in [0.2, 0.25) is 0 Å². The summed E-state index contributed by atoms with van der Waals surface area (Å²) in [6, 6.07) is 3.55. The lowest BCUT2D eigenvalue weighted by atomic mass is 10.2. The van der Waals surface area contributed by atoms with Gasteiger partial charge in [-0.1, -0.05) is 25.6 Å². The monoisotopic (exact) mass is 293 g/mol. The molecule has 19 heavy (non-hydrogen) atoms. The van der Waals surface area contributed by atoms with E-state index in [-0.39, 0.29) is 5.75 Å². The van der Waals surface area contributed by atoms with Crippen LogP contribution in [-0.2, 0) is 17.0 Å². The van der Waals surface area contributed by atoms with Crippen molar-refractivity contribution in [3.63, 3.8) is 0 Å². The largest absolute Gasteiger partial charge is 0.464 e. The first-order valence-electron chi connectivity index (χ1n) is 6.33. The van der Waals surface area contributed by atoms with Crippen molar-refractivity contribution in [2.75, 3.05) is 19.8 Å². The van der Waals surface area contributed by atoms with Gasteiger partial charge in [-0.15, -0.1) is 0 Å². The van der Waals surface area contributed by atoms with Gasteiger partial charge in [0.25, 0.3) is 5.76 Å². The third kappa shape index (κ3) is 8.23. The van der Waals surface area contributed by atoms with Crippen molar-refractivity contribution < 1.29 is 17.9 Å². The van der Waals surface area contributed by atoms with Crippen molar-refractivity contribution in [2.45, 2.75) is 31.9 Å². The van der Waals surface area contributed by atoms with Crippen molar-refractivity contribution in [3.05, 3.63) is 23.7 Å². The van der Waals surface area contributed by atoms with Crippen molar-refractivity contribution >= 4 is 11.8 Å². The third-order valence-corrected chi connectivity index (χ3v) is 2.95. The summed E-state index contributed by atoms with van der Waals surface area (Å²) in [5, 5.41) is 3.18. The fraction of sp³-hybridized carbons (Fsp3) is 0.692. The van der Waals surface area contributed by atoms with Gasteiger partial charge in [-0.3, -0.25) is 0 Å². The Morgan fingerprint density at radius 1 is 1.32 bits per heavy atom. The second-order valence-corrected chi connectivity index (χ2v) is 5.56. The Bertz CT molecular complexity index is 345. The molecule has 0 spiro atoms. The van der Waals surface area contributed by atoms with E-state index in [1.807, 2.05) is 6.07 Å². The predicted molar refractivity (Wildman–Crippen MR) is 73.4 cm³/mol. The van der Waals surface area contributed by atoms with E-state index >= 15 is 0 Å². The van der Waals surface area contributed by atoms with Gasteiger partial charge in [-0.05, 0) is 18.1 Å². The van der Waals surface area contributed by atoms with Crippen LogP contribution in [0.5, 0.6) is 0 Å². The third-order valence-electron chi connectivity index (χ3n) is 2.24. The van der Waals surface area contributed by atoms with E-state index in [0.29, 0.717) is 36.6 Å². The fourth-order valence-electron chi connectivity index (χ4n) is 1.41. The first-order chi connectivity index (χ1) is 9.08. The number of alkyl halides is 2. The van der Waals surface area contributed by atoms with Crippen LogP contribution in [0.15, 0.2) is 16.5 Å². The Morgan fingerprint density at radius 2 is 2.05 bits per heavy atom. The van der Waals surface area contributed by atoms with Crippen LogP contribution in [0.1, 0.15) is 25.4 Å². The Labute approximate surface area is 117 Å². The van der Waals surface area contributed by atoms with Crippen molar-refractivity contribution in [1.29, 1.82) is 0 Å². The normalized spacial score (nSPS) is 11.7. The SMILES string of the molecule is CC(C)COCCNCc1ccc(CSC(F)F)o1. The quantitative estimate of drug-likeness (QED) is 0.670. The maximum Gasteiger partial charge on any atom is 0.284 e. The molecule has 0 unspecified atom stereocenters. The summed E-state index contributed by atoms with van der Waals surface area (Å²) in [6.45, 7) is 6.97. The van der Waals surface area contributed by atoms with Gasteiger partial charge in [0.05, 0.1) is 18.9 Å². The average Bonchev–Trinajstić information content (AvgIpc) is 2.78. The molecule has 0 saturated carbocycles. The molecule has 1 heterocycles. The first kappa shape index (κ1) is 16.5. The summed E-state index contributed by atoms with van der Waals surface area (Å²) in [7, 11) is 0. The summed E-state index contributed by atoms with van der Waals surface area (Å²) in [5.41, 5.74) is 0. The number of nitrogens with one attached hydrogen (secondary N) is 1. The molecule has 0 aliphatic heterocycles. The second-order valence-electron chi connectivity index (χ2n) is 4.59. The van der Waals surface area contributed by atoms with Gasteiger partial charge in [0.1, 0.15) is 11.5 Å². The summed E-state index contributed by atoms with van der Waals surface area (Å²) in [5.74, 6) is -0.272. The topological polar surface area (TPSA) is 34.4 Å². The van der Waals surface area contributed by atoms with E-state index < -0.39 is 5.76 Å². The number of halogens is 2. The van der Waals surface area contributed by atoms with Gasteiger partial charge in [-0.2, -0.15) is 8.78 Å². The number of hydrogen-bond acceptors (Lipinski definition) is 4. The van der Waals surface area contributed by atoms with Gasteiger partial charge < -0.3 is 14.5 Å². The molecule has 0 aliphatic rings. The molecule has 1 rings (SSSR count). The molecule has 0 saturated heterocycles. The molecule has 1 aromatic heterocycles. The molecule has 0 bridgehead atoms. The van der Waals surface area contributed by atoms with Crippen LogP contribution >= 0.6 is 11.8 Å². The highest BCUT2D eigenvalue weighted by Crippen LogP contribution is 2.21. The van der Waals surface area contributed by atoms with Crippen LogP contribution in [0.2, 0.25) is 0 Å². The highest BCUT2D eigenvalue weighted by molar-refractivity contribution is 7.98. The molecule has 3 nitrogen and oxygen atoms in total. The standard InChI is InChI=1S/C13H21F2NO2S/c1-10(2)8-17-6-5-16-7-11-3-4-12(18-11)9-19-13(14)15/h3-4,10,13,16H,5-9H2,1-2H3. The van der Waals surface area contributed by atoms with E-state index in [0.717, 1.165) is 18.9 Å². The number of ether oxygens (including phenoxy) is 1. The Hall–Kier alpha value is -0.590. The van der Waals surface area contributed by atoms with E-state index in [2.05, 4.69) is 19.2 Å². The molecule has 0 radical (unpaired) electrons. The lowest BCUT2D eigenvalue weighted by Gasteiger charge is -2.07. The van der Waals surface area contributed by atoms with Crippen LogP contribution < -0.4 is 5.32 Å². The first-order valence-corrected chi connectivity index (χ1v) is 7.38. The zero-order valence-electron chi connectivity index (χ0n) is 11.3. The van der Waals surface area contributed by atoms with Crippen LogP contribution in [0.4, 0.5) is 8.78 Å². The maximum atomic E-state index is 12.0. The van der Waals surface area contributed by atoms with Crippen molar-refractivity contribution in [3.8, 4) is 0 Å². The lowest BCUT2D eigenvalue weighted by molar-refractivity contribution is 0.111. The molecule has 0 aromatic carbocycles. The number of furan rings is 1. The smallest absolute Gasteiger partial charge is 0.284 e. The van der Waals surface area contributed by atoms with E-state index in [1.54, 1.807) is 6.07 Å². The fourth-order valence-corrected chi connectivity index (χ4v) is 1.86. The zero-order chi connectivity index (χ0) is 14.1. The van der Waals surface area contributed by atoms with Gasteiger partial charge >= 0.3 is 0 Å². The van der Waals surface area contributed by atoms with Gasteiger partial charge in [-0.25, -0.2) is 0 Å². The number of rotatable bonds is 10. The molecule has 6 heteroatoms. The zero-order valence-corrected chi connectivity index (χ0v) is 12.1. The second kappa shape index (κ2) is 9.34. The Kier molecular flexibility index (Phi) is 8.09. The number of hydrogen-bond donors (Lipinski definition) is 1. The number of thioether (sulfide) groups is 1. The van der Waals surface area contributed by atoms with Gasteiger partial charge in [0, 0.05) is 13.2 Å². The maximum absolute atomic E-state index is 12.0. The molecular weight excluding hydrogens is 272 g/mol. The van der Waals surface area contributed by atoms with Crippen molar-refractivity contribution in [1.82, 2.24) is 5.32 Å². The van der Waals surface area contributed by atoms with E-state index in [1.165, 1.54) is 0 Å².